The third-order valence-electron chi connectivity index (χ3n) is 4.23. The highest BCUT2D eigenvalue weighted by Crippen LogP contribution is 2.38. The summed E-state index contributed by atoms with van der Waals surface area (Å²) in [5.41, 5.74) is 2.60. The molecule has 6 heteroatoms. The van der Waals surface area contributed by atoms with Crippen LogP contribution in [0.25, 0.3) is 10.2 Å². The Morgan fingerprint density at radius 1 is 1.14 bits per heavy atom. The highest BCUT2D eigenvalue weighted by Gasteiger charge is 2.19. The molecule has 3 heterocycles. The number of thiophene rings is 1. The molecule has 0 atom stereocenters. The fraction of sp³-hybridized carbons (Fsp3) is 0.438. The van der Waals surface area contributed by atoms with E-state index in [1.54, 1.807) is 17.7 Å². The molecule has 0 saturated carbocycles. The van der Waals surface area contributed by atoms with Crippen molar-refractivity contribution >= 4 is 38.7 Å². The van der Waals surface area contributed by atoms with Crippen molar-refractivity contribution in [3.8, 4) is 0 Å². The topological polar surface area (TPSA) is 50.7 Å². The van der Waals surface area contributed by atoms with E-state index < -0.39 is 0 Å². The van der Waals surface area contributed by atoms with E-state index in [1.807, 2.05) is 11.3 Å². The van der Waals surface area contributed by atoms with Gasteiger partial charge >= 0.3 is 0 Å². The number of aryl methyl sites for hydroxylation is 4. The molecule has 1 aliphatic rings. The van der Waals surface area contributed by atoms with Gasteiger partial charge in [-0.25, -0.2) is 15.0 Å². The summed E-state index contributed by atoms with van der Waals surface area (Å²) in [6.45, 7) is 4.91. The van der Waals surface area contributed by atoms with Crippen LogP contribution in [0.3, 0.4) is 0 Å². The van der Waals surface area contributed by atoms with Crippen molar-refractivity contribution in [3.63, 3.8) is 0 Å². The predicted molar refractivity (Wildman–Crippen MR) is 93.0 cm³/mol. The molecule has 0 bridgehead atoms. The Balaban J connectivity index is 1.67. The van der Waals surface area contributed by atoms with Crippen molar-refractivity contribution in [2.45, 2.75) is 46.1 Å². The van der Waals surface area contributed by atoms with E-state index in [1.165, 1.54) is 40.0 Å². The largest absolute Gasteiger partial charge is 0.363 e. The van der Waals surface area contributed by atoms with Gasteiger partial charge in [0.05, 0.1) is 17.6 Å². The molecule has 0 amide bonds. The molecular formula is C16H18N4S2. The maximum atomic E-state index is 4.60. The summed E-state index contributed by atoms with van der Waals surface area (Å²) in [5, 5.41) is 5.84. The summed E-state index contributed by atoms with van der Waals surface area (Å²) < 4.78 is 0. The number of thiazole rings is 1. The van der Waals surface area contributed by atoms with Gasteiger partial charge in [0, 0.05) is 9.75 Å². The van der Waals surface area contributed by atoms with Gasteiger partial charge in [-0.05, 0) is 45.1 Å². The van der Waals surface area contributed by atoms with E-state index in [4.69, 9.17) is 0 Å². The lowest BCUT2D eigenvalue weighted by Crippen LogP contribution is -2.04. The normalized spacial score (nSPS) is 14.3. The molecule has 0 radical (unpaired) electrons. The molecule has 22 heavy (non-hydrogen) atoms. The van der Waals surface area contributed by atoms with Gasteiger partial charge in [-0.3, -0.25) is 0 Å². The average Bonchev–Trinajstić information content (AvgIpc) is 3.05. The van der Waals surface area contributed by atoms with E-state index in [0.29, 0.717) is 0 Å². The van der Waals surface area contributed by atoms with Gasteiger partial charge in [-0.1, -0.05) is 0 Å². The van der Waals surface area contributed by atoms with E-state index in [-0.39, 0.29) is 0 Å². The minimum Gasteiger partial charge on any atom is -0.363 e. The van der Waals surface area contributed by atoms with Crippen molar-refractivity contribution in [1.82, 2.24) is 15.0 Å². The van der Waals surface area contributed by atoms with Gasteiger partial charge in [0.1, 0.15) is 22.0 Å². The van der Waals surface area contributed by atoms with Gasteiger partial charge < -0.3 is 5.32 Å². The number of anilines is 1. The first kappa shape index (κ1) is 14.1. The monoisotopic (exact) mass is 330 g/mol. The Morgan fingerprint density at radius 3 is 2.82 bits per heavy atom. The first-order valence-electron chi connectivity index (χ1n) is 7.64. The van der Waals surface area contributed by atoms with Crippen LogP contribution in [-0.2, 0) is 19.4 Å². The Morgan fingerprint density at radius 2 is 2.00 bits per heavy atom. The molecule has 3 aromatic heterocycles. The molecule has 4 rings (SSSR count). The zero-order chi connectivity index (χ0) is 15.1. The molecule has 4 nitrogen and oxygen atoms in total. The molecule has 0 unspecified atom stereocenters. The first-order chi connectivity index (χ1) is 10.7. The van der Waals surface area contributed by atoms with Crippen LogP contribution in [0, 0.1) is 13.8 Å². The van der Waals surface area contributed by atoms with Crippen LogP contribution in [0.15, 0.2) is 6.33 Å². The number of hydrogen-bond acceptors (Lipinski definition) is 6. The van der Waals surface area contributed by atoms with Crippen LogP contribution < -0.4 is 5.32 Å². The summed E-state index contributed by atoms with van der Waals surface area (Å²) in [6.07, 6.45) is 6.60. The molecule has 0 saturated heterocycles. The SMILES string of the molecule is Cc1nc(CNc2ncnc3sc4c(c23)CCCC4)sc1C. The Kier molecular flexibility index (Phi) is 3.58. The number of aromatic nitrogens is 3. The summed E-state index contributed by atoms with van der Waals surface area (Å²) in [7, 11) is 0. The van der Waals surface area contributed by atoms with Crippen molar-refractivity contribution < 1.29 is 0 Å². The molecule has 114 valence electrons. The molecule has 0 aromatic carbocycles. The molecule has 0 spiro atoms. The van der Waals surface area contributed by atoms with Crippen LogP contribution in [0.1, 0.15) is 38.9 Å². The second kappa shape index (κ2) is 5.59. The van der Waals surface area contributed by atoms with Gasteiger partial charge in [0.15, 0.2) is 0 Å². The van der Waals surface area contributed by atoms with E-state index in [9.17, 15) is 0 Å². The molecule has 1 aliphatic carbocycles. The number of hydrogen-bond donors (Lipinski definition) is 1. The summed E-state index contributed by atoms with van der Waals surface area (Å²) in [4.78, 5) is 17.5. The minimum atomic E-state index is 0.732. The minimum absolute atomic E-state index is 0.732. The van der Waals surface area contributed by atoms with Crippen LogP contribution in [0.2, 0.25) is 0 Å². The standard InChI is InChI=1S/C16H18N4S2/c1-9-10(2)21-13(20-9)7-17-15-14-11-5-3-4-6-12(11)22-16(14)19-8-18-15/h8H,3-7H2,1-2H3,(H,17,18,19). The van der Waals surface area contributed by atoms with Gasteiger partial charge in [0.2, 0.25) is 0 Å². The number of nitrogens with one attached hydrogen (secondary N) is 1. The van der Waals surface area contributed by atoms with Crippen molar-refractivity contribution in [2.75, 3.05) is 5.32 Å². The summed E-state index contributed by atoms with van der Waals surface area (Å²) in [6, 6.07) is 0. The highest BCUT2D eigenvalue weighted by molar-refractivity contribution is 7.19. The second-order valence-corrected chi connectivity index (χ2v) is 8.09. The van der Waals surface area contributed by atoms with Gasteiger partial charge in [-0.15, -0.1) is 22.7 Å². The zero-order valence-electron chi connectivity index (χ0n) is 12.8. The van der Waals surface area contributed by atoms with E-state index in [2.05, 4.69) is 34.1 Å². The number of rotatable bonds is 3. The van der Waals surface area contributed by atoms with Crippen molar-refractivity contribution in [2.24, 2.45) is 0 Å². The Labute approximate surface area is 137 Å². The van der Waals surface area contributed by atoms with Crippen LogP contribution in [-0.4, -0.2) is 15.0 Å². The van der Waals surface area contributed by atoms with Gasteiger partial charge in [-0.2, -0.15) is 0 Å². The third kappa shape index (κ3) is 2.40. The Bertz CT molecular complexity index is 815. The molecule has 0 aliphatic heterocycles. The molecular weight excluding hydrogens is 312 g/mol. The molecule has 3 aromatic rings. The second-order valence-electron chi connectivity index (χ2n) is 5.72. The smallest absolute Gasteiger partial charge is 0.138 e. The third-order valence-corrected chi connectivity index (χ3v) is 6.50. The quantitative estimate of drug-likeness (QED) is 0.780. The molecule has 0 fully saturated rings. The van der Waals surface area contributed by atoms with Crippen LogP contribution in [0.4, 0.5) is 5.82 Å². The average molecular weight is 330 g/mol. The van der Waals surface area contributed by atoms with Crippen molar-refractivity contribution in [3.05, 3.63) is 32.3 Å². The predicted octanol–water partition coefficient (Wildman–Crippen LogP) is 4.26. The maximum Gasteiger partial charge on any atom is 0.138 e. The lowest BCUT2D eigenvalue weighted by atomic mass is 9.97. The van der Waals surface area contributed by atoms with Crippen LogP contribution >= 0.6 is 22.7 Å². The lowest BCUT2D eigenvalue weighted by Gasteiger charge is -2.12. The fourth-order valence-corrected chi connectivity index (χ4v) is 5.10. The summed E-state index contributed by atoms with van der Waals surface area (Å²) in [5.74, 6) is 0.968. The lowest BCUT2D eigenvalue weighted by molar-refractivity contribution is 0.700. The zero-order valence-corrected chi connectivity index (χ0v) is 14.4. The highest BCUT2D eigenvalue weighted by atomic mass is 32.1. The first-order valence-corrected chi connectivity index (χ1v) is 9.27. The maximum absolute atomic E-state index is 4.60. The van der Waals surface area contributed by atoms with E-state index in [0.717, 1.165) is 34.3 Å². The van der Waals surface area contributed by atoms with Crippen molar-refractivity contribution in [1.29, 1.82) is 0 Å². The molecule has 1 N–H and O–H groups in total. The number of fused-ring (bicyclic) bond motifs is 3. The summed E-state index contributed by atoms with van der Waals surface area (Å²) >= 11 is 3.59. The Hall–Kier alpha value is -1.53. The van der Waals surface area contributed by atoms with Gasteiger partial charge in [0.25, 0.3) is 0 Å². The van der Waals surface area contributed by atoms with Crippen LogP contribution in [0.5, 0.6) is 0 Å². The fourth-order valence-electron chi connectivity index (χ4n) is 3.00. The van der Waals surface area contributed by atoms with E-state index >= 15 is 0 Å². The number of nitrogens with zero attached hydrogens (tertiary/aromatic N) is 3.